The Morgan fingerprint density at radius 3 is 2.62 bits per heavy atom. The van der Waals surface area contributed by atoms with Crippen molar-refractivity contribution in [2.24, 2.45) is 0 Å². The molecule has 1 aliphatic rings. The molecular weight excluding hydrogens is 562 g/mol. The van der Waals surface area contributed by atoms with Crippen molar-refractivity contribution in [1.29, 1.82) is 0 Å². The molecule has 0 atom stereocenters. The fourth-order valence-electron chi connectivity index (χ4n) is 3.84. The number of aryl methyl sites for hydroxylation is 1. The van der Waals surface area contributed by atoms with Crippen LogP contribution >= 0.6 is 23.4 Å². The smallest absolute Gasteiger partial charge is 0.339 e. The van der Waals surface area contributed by atoms with Crippen LogP contribution in [0, 0.1) is 24.0 Å². The maximum Gasteiger partial charge on any atom is 0.339 e. The third kappa shape index (κ3) is 6.08. The van der Waals surface area contributed by atoms with E-state index in [1.54, 1.807) is 39.0 Å². The molecule has 11 nitrogen and oxygen atoms in total. The van der Waals surface area contributed by atoms with E-state index in [2.05, 4.69) is 5.32 Å². The van der Waals surface area contributed by atoms with Gasteiger partial charge in [0.1, 0.15) is 18.1 Å². The molecule has 0 unspecified atom stereocenters. The number of imide groups is 1. The topological polar surface area (TPSA) is 149 Å². The van der Waals surface area contributed by atoms with E-state index in [0.717, 1.165) is 10.5 Å². The molecule has 1 saturated heterocycles. The number of hydrogen-bond donors (Lipinski definition) is 1. The van der Waals surface area contributed by atoms with Gasteiger partial charge in [-0.25, -0.2) is 4.79 Å². The molecule has 40 heavy (non-hydrogen) atoms. The number of halogens is 1. The van der Waals surface area contributed by atoms with Crippen LogP contribution in [0.15, 0.2) is 51.8 Å². The lowest BCUT2D eigenvalue weighted by Gasteiger charge is -2.13. The quantitative estimate of drug-likeness (QED) is 0.146. The summed E-state index contributed by atoms with van der Waals surface area (Å²) in [7, 11) is 0. The van der Waals surface area contributed by atoms with Gasteiger partial charge in [-0.05, 0) is 74.5 Å². The zero-order chi connectivity index (χ0) is 29.1. The number of nitrogens with zero attached hydrogens (tertiary/aromatic N) is 2. The van der Waals surface area contributed by atoms with Crippen molar-refractivity contribution in [2.75, 3.05) is 18.5 Å². The SMILES string of the molecule is CCOC(=O)c1cc(NC(=O)CN2C(=O)S/C(=C/c3ccc(-c4cc(C)c(C)c([N+](=O)[O-])c4)o3)C2=O)ccc1Cl. The van der Waals surface area contributed by atoms with Crippen LogP contribution in [0.1, 0.15) is 34.2 Å². The minimum absolute atomic E-state index is 0.0388. The van der Waals surface area contributed by atoms with E-state index in [1.165, 1.54) is 30.3 Å². The molecule has 13 heteroatoms. The van der Waals surface area contributed by atoms with Crippen molar-refractivity contribution >= 4 is 63.8 Å². The second-order valence-electron chi connectivity index (χ2n) is 8.63. The van der Waals surface area contributed by atoms with Gasteiger partial charge in [-0.2, -0.15) is 0 Å². The van der Waals surface area contributed by atoms with Gasteiger partial charge in [0, 0.05) is 29.0 Å². The van der Waals surface area contributed by atoms with E-state index in [1.807, 2.05) is 0 Å². The molecule has 4 rings (SSSR count). The summed E-state index contributed by atoms with van der Waals surface area (Å²) >= 11 is 6.68. The predicted molar refractivity (Wildman–Crippen MR) is 149 cm³/mol. The number of ether oxygens (including phenoxy) is 1. The van der Waals surface area contributed by atoms with Crippen molar-refractivity contribution < 1.29 is 33.3 Å². The van der Waals surface area contributed by atoms with E-state index in [0.29, 0.717) is 28.6 Å². The maximum atomic E-state index is 12.9. The second-order valence-corrected chi connectivity index (χ2v) is 10.0. The number of rotatable bonds is 8. The Bertz CT molecular complexity index is 1600. The fourth-order valence-corrected chi connectivity index (χ4v) is 4.85. The monoisotopic (exact) mass is 583 g/mol. The molecule has 3 aromatic rings. The van der Waals surface area contributed by atoms with Crippen molar-refractivity contribution in [1.82, 2.24) is 4.90 Å². The summed E-state index contributed by atoms with van der Waals surface area (Å²) in [4.78, 5) is 61.8. The van der Waals surface area contributed by atoms with Crippen LogP contribution in [0.5, 0.6) is 0 Å². The molecule has 1 aromatic heterocycles. The average Bonchev–Trinajstić information content (AvgIpc) is 3.47. The predicted octanol–water partition coefficient (Wildman–Crippen LogP) is 5.98. The molecule has 0 radical (unpaired) electrons. The number of nitro benzene ring substituents is 1. The molecular formula is C27H22ClN3O8S. The number of nitro groups is 1. The lowest BCUT2D eigenvalue weighted by molar-refractivity contribution is -0.385. The Labute approximate surface area is 237 Å². The number of thioether (sulfide) groups is 1. The number of nitrogens with one attached hydrogen (secondary N) is 1. The lowest BCUT2D eigenvalue weighted by atomic mass is 10.0. The van der Waals surface area contributed by atoms with Gasteiger partial charge in [0.25, 0.3) is 16.8 Å². The first kappa shape index (κ1) is 28.6. The Kier molecular flexibility index (Phi) is 8.40. The number of benzene rings is 2. The number of amides is 3. The number of anilines is 1. The Morgan fingerprint density at radius 2 is 1.93 bits per heavy atom. The normalized spacial score (nSPS) is 14.1. The highest BCUT2D eigenvalue weighted by Crippen LogP contribution is 2.35. The highest BCUT2D eigenvalue weighted by molar-refractivity contribution is 8.18. The molecule has 1 N–H and O–H groups in total. The zero-order valence-electron chi connectivity index (χ0n) is 21.5. The summed E-state index contributed by atoms with van der Waals surface area (Å²) in [5, 5.41) is 13.4. The molecule has 1 fully saturated rings. The minimum atomic E-state index is -0.687. The standard InChI is InChI=1S/C27H22ClN3O8S/c1-4-38-26(34)19-11-17(5-7-20(19)28)29-24(32)13-30-25(33)23(40-27(30)35)12-18-6-8-22(39-18)16-9-14(2)15(3)21(10-16)31(36)37/h5-12H,4,13H2,1-3H3,(H,29,32)/b23-12+. The average molecular weight is 584 g/mol. The van der Waals surface area contributed by atoms with Crippen LogP contribution in [0.25, 0.3) is 17.4 Å². The molecule has 0 spiro atoms. The van der Waals surface area contributed by atoms with Crippen molar-refractivity contribution in [3.8, 4) is 11.3 Å². The summed E-state index contributed by atoms with van der Waals surface area (Å²) in [6.45, 7) is 4.65. The Balaban J connectivity index is 1.47. The van der Waals surface area contributed by atoms with E-state index in [-0.39, 0.29) is 39.2 Å². The molecule has 0 saturated carbocycles. The van der Waals surface area contributed by atoms with Crippen molar-refractivity contribution in [2.45, 2.75) is 20.8 Å². The summed E-state index contributed by atoms with van der Waals surface area (Å²) in [6.07, 6.45) is 1.37. The first-order valence-electron chi connectivity index (χ1n) is 11.9. The summed E-state index contributed by atoms with van der Waals surface area (Å²) < 4.78 is 10.7. The van der Waals surface area contributed by atoms with Gasteiger partial charge < -0.3 is 14.5 Å². The van der Waals surface area contributed by atoms with Crippen LogP contribution in [-0.2, 0) is 14.3 Å². The lowest BCUT2D eigenvalue weighted by Crippen LogP contribution is -2.36. The van der Waals surface area contributed by atoms with E-state index in [4.69, 9.17) is 20.8 Å². The first-order chi connectivity index (χ1) is 19.0. The number of carbonyl (C=O) groups is 4. The Morgan fingerprint density at radius 1 is 1.18 bits per heavy atom. The van der Waals surface area contributed by atoms with Gasteiger partial charge in [0.05, 0.1) is 27.0 Å². The van der Waals surface area contributed by atoms with Gasteiger partial charge in [-0.3, -0.25) is 29.4 Å². The van der Waals surface area contributed by atoms with Gasteiger partial charge in [-0.15, -0.1) is 0 Å². The largest absolute Gasteiger partial charge is 0.462 e. The summed E-state index contributed by atoms with van der Waals surface area (Å²) in [5.41, 5.74) is 2.01. The van der Waals surface area contributed by atoms with Crippen molar-refractivity contribution in [3.63, 3.8) is 0 Å². The highest BCUT2D eigenvalue weighted by Gasteiger charge is 2.36. The van der Waals surface area contributed by atoms with Crippen LogP contribution in [0.2, 0.25) is 5.02 Å². The minimum Gasteiger partial charge on any atom is -0.462 e. The van der Waals surface area contributed by atoms with Crippen LogP contribution in [-0.4, -0.2) is 46.0 Å². The highest BCUT2D eigenvalue weighted by atomic mass is 35.5. The van der Waals surface area contributed by atoms with E-state index < -0.39 is 34.5 Å². The summed E-state index contributed by atoms with van der Waals surface area (Å²) in [6, 6.07) is 10.6. The van der Waals surface area contributed by atoms with Crippen LogP contribution < -0.4 is 5.32 Å². The number of carbonyl (C=O) groups excluding carboxylic acids is 4. The van der Waals surface area contributed by atoms with Gasteiger partial charge in [0.15, 0.2) is 0 Å². The number of furan rings is 1. The number of hydrogen-bond acceptors (Lipinski definition) is 9. The third-order valence-corrected chi connectivity index (χ3v) is 7.18. The Hall–Kier alpha value is -4.42. The van der Waals surface area contributed by atoms with Crippen molar-refractivity contribution in [3.05, 3.63) is 85.0 Å². The van der Waals surface area contributed by atoms with Crippen LogP contribution in [0.3, 0.4) is 0 Å². The number of esters is 1. The van der Waals surface area contributed by atoms with Gasteiger partial charge >= 0.3 is 5.97 Å². The third-order valence-electron chi connectivity index (χ3n) is 5.94. The molecule has 0 aliphatic carbocycles. The molecule has 1 aliphatic heterocycles. The maximum absolute atomic E-state index is 12.9. The summed E-state index contributed by atoms with van der Waals surface area (Å²) in [5.74, 6) is -1.42. The first-order valence-corrected chi connectivity index (χ1v) is 13.1. The van der Waals surface area contributed by atoms with E-state index >= 15 is 0 Å². The molecule has 206 valence electrons. The van der Waals surface area contributed by atoms with E-state index in [9.17, 15) is 29.3 Å². The molecule has 0 bridgehead atoms. The van der Waals surface area contributed by atoms with Gasteiger partial charge in [0.2, 0.25) is 5.91 Å². The molecule has 2 aromatic carbocycles. The fraction of sp³-hybridized carbons (Fsp3) is 0.185. The van der Waals surface area contributed by atoms with Crippen LogP contribution in [0.4, 0.5) is 16.2 Å². The zero-order valence-corrected chi connectivity index (χ0v) is 23.1. The molecule has 2 heterocycles. The van der Waals surface area contributed by atoms with Gasteiger partial charge in [-0.1, -0.05) is 11.6 Å². The second kappa shape index (κ2) is 11.8. The molecule has 3 amide bonds.